The van der Waals surface area contributed by atoms with Crippen LogP contribution < -0.4 is 11.3 Å². The molecule has 1 unspecified atom stereocenters. The minimum absolute atomic E-state index is 0.298. The first-order chi connectivity index (χ1) is 7.52. The Morgan fingerprint density at radius 1 is 1.56 bits per heavy atom. The molecule has 0 saturated heterocycles. The second-order valence-electron chi connectivity index (χ2n) is 4.39. The third-order valence-corrected chi connectivity index (χ3v) is 2.88. The van der Waals surface area contributed by atoms with Gasteiger partial charge in [-0.3, -0.25) is 5.01 Å². The summed E-state index contributed by atoms with van der Waals surface area (Å²) in [7, 11) is 0. The molecule has 16 heavy (non-hydrogen) atoms. The van der Waals surface area contributed by atoms with E-state index in [1.807, 2.05) is 5.01 Å². The van der Waals surface area contributed by atoms with E-state index < -0.39 is 0 Å². The van der Waals surface area contributed by atoms with E-state index in [9.17, 15) is 0 Å². The van der Waals surface area contributed by atoms with Gasteiger partial charge in [0.1, 0.15) is 11.4 Å². The van der Waals surface area contributed by atoms with Gasteiger partial charge in [-0.05, 0) is 25.3 Å². The quantitative estimate of drug-likeness (QED) is 0.764. The van der Waals surface area contributed by atoms with Gasteiger partial charge < -0.3 is 5.73 Å². The van der Waals surface area contributed by atoms with Crippen LogP contribution in [0, 0.1) is 5.92 Å². The molecule has 0 saturated carbocycles. The molecule has 90 valence electrons. The summed E-state index contributed by atoms with van der Waals surface area (Å²) >= 11 is 0. The van der Waals surface area contributed by atoms with E-state index >= 15 is 0 Å². The lowest BCUT2D eigenvalue weighted by Gasteiger charge is -2.27. The van der Waals surface area contributed by atoms with E-state index in [-0.39, 0.29) is 0 Å². The number of hydrazone groups is 1. The van der Waals surface area contributed by atoms with Crippen molar-refractivity contribution in [3.8, 4) is 0 Å². The van der Waals surface area contributed by atoms with Gasteiger partial charge in [0.25, 0.3) is 0 Å². The number of hydrogen-bond acceptors (Lipinski definition) is 4. The fraction of sp³-hybridized carbons (Fsp3) is 0.583. The van der Waals surface area contributed by atoms with Crippen molar-refractivity contribution in [3.05, 3.63) is 24.0 Å². The van der Waals surface area contributed by atoms with Gasteiger partial charge in [-0.25, -0.2) is 5.53 Å². The van der Waals surface area contributed by atoms with Gasteiger partial charge in [-0.2, -0.15) is 5.10 Å². The van der Waals surface area contributed by atoms with Crippen molar-refractivity contribution >= 4 is 5.71 Å². The molecule has 4 heteroatoms. The maximum Gasteiger partial charge on any atom is 0.111 e. The lowest BCUT2D eigenvalue weighted by Crippen LogP contribution is -2.39. The molecule has 0 spiro atoms. The van der Waals surface area contributed by atoms with Crippen LogP contribution in [0.3, 0.4) is 0 Å². The molecule has 0 bridgehead atoms. The summed E-state index contributed by atoms with van der Waals surface area (Å²) in [5.74, 6) is 0.298. The lowest BCUT2D eigenvalue weighted by atomic mass is 10.0. The van der Waals surface area contributed by atoms with E-state index in [1.165, 1.54) is 0 Å². The van der Waals surface area contributed by atoms with Gasteiger partial charge in [-0.15, -0.1) is 0 Å². The summed E-state index contributed by atoms with van der Waals surface area (Å²) in [6, 6.07) is 0.355. The number of nitrogens with one attached hydrogen (secondary N) is 1. The van der Waals surface area contributed by atoms with Gasteiger partial charge >= 0.3 is 0 Å². The fourth-order valence-electron chi connectivity index (χ4n) is 1.54. The number of nitrogens with two attached hydrogens (primary N) is 1. The Hall–Kier alpha value is -1.45. The molecule has 4 nitrogen and oxygen atoms in total. The molecule has 1 aliphatic rings. The van der Waals surface area contributed by atoms with Crippen LogP contribution in [0.2, 0.25) is 0 Å². The molecule has 0 aromatic heterocycles. The summed E-state index contributed by atoms with van der Waals surface area (Å²) in [4.78, 5) is 0. The molecule has 1 heterocycles. The van der Waals surface area contributed by atoms with E-state index in [0.29, 0.717) is 12.0 Å². The monoisotopic (exact) mass is 222 g/mol. The van der Waals surface area contributed by atoms with Crippen molar-refractivity contribution in [2.75, 3.05) is 0 Å². The van der Waals surface area contributed by atoms with E-state index in [4.69, 9.17) is 5.73 Å². The third-order valence-electron chi connectivity index (χ3n) is 2.88. The van der Waals surface area contributed by atoms with Gasteiger partial charge in [0, 0.05) is 11.7 Å². The van der Waals surface area contributed by atoms with E-state index in [1.54, 1.807) is 6.08 Å². The van der Waals surface area contributed by atoms with Crippen molar-refractivity contribution in [3.63, 3.8) is 0 Å². The minimum Gasteiger partial charge on any atom is -0.400 e. The van der Waals surface area contributed by atoms with Crippen LogP contribution in [0.15, 0.2) is 29.2 Å². The molecule has 0 amide bonds. The summed E-state index contributed by atoms with van der Waals surface area (Å²) in [6.07, 6.45) is 2.77. The third kappa shape index (κ3) is 2.21. The van der Waals surface area contributed by atoms with Crippen LogP contribution in [0.4, 0.5) is 0 Å². The van der Waals surface area contributed by atoms with Gasteiger partial charge in [0.05, 0.1) is 0 Å². The van der Waals surface area contributed by atoms with E-state index in [2.05, 4.69) is 44.9 Å². The molecule has 0 fully saturated rings. The predicted molar refractivity (Wildman–Crippen MR) is 68.4 cm³/mol. The number of allylic oxidation sites excluding steroid dienone is 2. The Kier molecular flexibility index (Phi) is 3.99. The van der Waals surface area contributed by atoms with Crippen molar-refractivity contribution in [2.45, 2.75) is 40.2 Å². The van der Waals surface area contributed by atoms with Crippen LogP contribution in [-0.4, -0.2) is 16.8 Å². The summed E-state index contributed by atoms with van der Waals surface area (Å²) in [5, 5.41) is 6.25. The van der Waals surface area contributed by atoms with E-state index in [0.717, 1.165) is 23.5 Å². The molecule has 1 aliphatic heterocycles. The van der Waals surface area contributed by atoms with Gasteiger partial charge in [0.15, 0.2) is 0 Å². The average molecular weight is 222 g/mol. The van der Waals surface area contributed by atoms with Crippen molar-refractivity contribution in [1.82, 2.24) is 10.5 Å². The van der Waals surface area contributed by atoms with Crippen LogP contribution in [0.5, 0.6) is 0 Å². The lowest BCUT2D eigenvalue weighted by molar-refractivity contribution is 0.207. The molecule has 1 atom stereocenters. The Morgan fingerprint density at radius 2 is 2.19 bits per heavy atom. The SMILES string of the molecule is C=CC1=NNN(C(C)CC)/C1=C(/N)C(C)C. The first-order valence-corrected chi connectivity index (χ1v) is 5.77. The molecule has 1 rings (SSSR count). The van der Waals surface area contributed by atoms with Gasteiger partial charge in [-0.1, -0.05) is 27.4 Å². The molecular weight excluding hydrogens is 200 g/mol. The molecular formula is C12H22N4. The number of hydrogen-bond donors (Lipinski definition) is 2. The Labute approximate surface area is 97.9 Å². The van der Waals surface area contributed by atoms with Crippen molar-refractivity contribution < 1.29 is 0 Å². The first-order valence-electron chi connectivity index (χ1n) is 5.77. The average Bonchev–Trinajstić information content (AvgIpc) is 2.70. The number of hydrazine groups is 1. The summed E-state index contributed by atoms with van der Waals surface area (Å²) < 4.78 is 0. The Morgan fingerprint density at radius 3 is 2.62 bits per heavy atom. The maximum absolute atomic E-state index is 6.14. The standard InChI is InChI=1S/C12H22N4/c1-6-9(5)16-12(11(13)8(3)4)10(7-2)14-15-16/h7-9,15H,2,6,13H2,1,3-5H3/b12-11+. The Balaban J connectivity index is 3.10. The highest BCUT2D eigenvalue weighted by Crippen LogP contribution is 2.21. The second kappa shape index (κ2) is 5.05. The highest BCUT2D eigenvalue weighted by atomic mass is 15.7. The minimum atomic E-state index is 0.298. The Bertz CT molecular complexity index is 328. The molecule has 3 N–H and O–H groups in total. The predicted octanol–water partition coefficient (Wildman–Crippen LogP) is 1.97. The molecule has 0 aromatic carbocycles. The zero-order valence-corrected chi connectivity index (χ0v) is 10.6. The number of rotatable bonds is 4. The smallest absolute Gasteiger partial charge is 0.111 e. The highest BCUT2D eigenvalue weighted by Gasteiger charge is 2.26. The zero-order chi connectivity index (χ0) is 12.3. The number of nitrogens with zero attached hydrogens (tertiary/aromatic N) is 2. The molecule has 0 aliphatic carbocycles. The zero-order valence-electron chi connectivity index (χ0n) is 10.6. The topological polar surface area (TPSA) is 53.7 Å². The fourth-order valence-corrected chi connectivity index (χ4v) is 1.54. The second-order valence-corrected chi connectivity index (χ2v) is 4.39. The summed E-state index contributed by atoms with van der Waals surface area (Å²) in [5.41, 5.74) is 11.8. The van der Waals surface area contributed by atoms with Crippen molar-refractivity contribution in [1.29, 1.82) is 0 Å². The molecule has 0 radical (unpaired) electrons. The van der Waals surface area contributed by atoms with Crippen LogP contribution in [0.1, 0.15) is 34.1 Å². The van der Waals surface area contributed by atoms with Crippen LogP contribution in [-0.2, 0) is 0 Å². The highest BCUT2D eigenvalue weighted by molar-refractivity contribution is 6.08. The van der Waals surface area contributed by atoms with Crippen molar-refractivity contribution in [2.24, 2.45) is 16.8 Å². The summed E-state index contributed by atoms with van der Waals surface area (Å²) in [6.45, 7) is 12.2. The van der Waals surface area contributed by atoms with Crippen LogP contribution in [0.25, 0.3) is 0 Å². The van der Waals surface area contributed by atoms with Gasteiger partial charge in [0.2, 0.25) is 0 Å². The normalized spacial score (nSPS) is 20.6. The maximum atomic E-state index is 6.14. The first kappa shape index (κ1) is 12.6. The van der Waals surface area contributed by atoms with Crippen LogP contribution >= 0.6 is 0 Å². The largest absolute Gasteiger partial charge is 0.400 e. The molecule has 0 aromatic rings.